The van der Waals surface area contributed by atoms with Crippen molar-refractivity contribution in [2.75, 3.05) is 31.5 Å². The minimum Gasteiger partial charge on any atom is -0.339 e. The first kappa shape index (κ1) is 18.4. The van der Waals surface area contributed by atoms with Gasteiger partial charge in [-0.15, -0.1) is 0 Å². The van der Waals surface area contributed by atoms with Crippen molar-refractivity contribution in [3.63, 3.8) is 0 Å². The zero-order valence-electron chi connectivity index (χ0n) is 16.0. The van der Waals surface area contributed by atoms with Crippen LogP contribution in [-0.4, -0.2) is 53.7 Å². The van der Waals surface area contributed by atoms with E-state index in [1.807, 2.05) is 32.9 Å². The number of nitrogens with one attached hydrogen (secondary N) is 1. The fourth-order valence-corrected chi connectivity index (χ4v) is 3.80. The molecule has 1 aromatic rings. The maximum Gasteiger partial charge on any atom is 0.240 e. The Balaban J connectivity index is 1.70. The molecule has 1 aliphatic heterocycles. The Bertz CT molecular complexity index is 737. The van der Waals surface area contributed by atoms with Gasteiger partial charge in [-0.1, -0.05) is 17.7 Å². The monoisotopic (exact) mass is 357 g/mol. The van der Waals surface area contributed by atoms with Crippen molar-refractivity contribution in [3.8, 4) is 0 Å². The zero-order chi connectivity index (χ0) is 19.1. The minimum atomic E-state index is -0.928. The van der Waals surface area contributed by atoms with Crippen LogP contribution in [0.3, 0.4) is 0 Å². The number of carbonyl (C=O) groups is 3. The molecule has 1 saturated heterocycles. The van der Waals surface area contributed by atoms with Gasteiger partial charge in [-0.3, -0.25) is 14.4 Å². The molecule has 0 spiro atoms. The molecule has 1 aromatic carbocycles. The summed E-state index contributed by atoms with van der Waals surface area (Å²) < 4.78 is 0. The Morgan fingerprint density at radius 3 is 1.88 bits per heavy atom. The van der Waals surface area contributed by atoms with Crippen LogP contribution in [0.2, 0.25) is 0 Å². The van der Waals surface area contributed by atoms with Crippen LogP contribution in [0.4, 0.5) is 5.69 Å². The van der Waals surface area contributed by atoms with Crippen molar-refractivity contribution in [1.29, 1.82) is 0 Å². The summed E-state index contributed by atoms with van der Waals surface area (Å²) in [6.45, 7) is 9.57. The third kappa shape index (κ3) is 3.32. The first-order valence-corrected chi connectivity index (χ1v) is 9.19. The van der Waals surface area contributed by atoms with E-state index in [0.29, 0.717) is 39.0 Å². The SMILES string of the molecule is CC(=O)N1CCN(C(=O)C2(C(=O)Nc3c(C)cc(C)cc3C)CC2)CC1. The molecule has 1 saturated carbocycles. The van der Waals surface area contributed by atoms with Gasteiger partial charge in [0.05, 0.1) is 0 Å². The minimum absolute atomic E-state index is 0.0290. The standard InChI is InChI=1S/C20H27N3O3/c1-13-11-14(2)17(15(3)12-13)21-18(25)20(5-6-20)19(26)23-9-7-22(8-10-23)16(4)24/h11-12H,5-10H2,1-4H3,(H,21,25). The van der Waals surface area contributed by atoms with Crippen molar-refractivity contribution in [2.24, 2.45) is 5.41 Å². The summed E-state index contributed by atoms with van der Waals surface area (Å²) in [5.41, 5.74) is 3.05. The molecule has 3 rings (SSSR count). The lowest BCUT2D eigenvalue weighted by atomic mass is 10.0. The van der Waals surface area contributed by atoms with E-state index in [1.54, 1.807) is 16.7 Å². The number of anilines is 1. The molecule has 1 N–H and O–H groups in total. The second kappa shape index (κ2) is 6.74. The fraction of sp³-hybridized carbons (Fsp3) is 0.550. The Hall–Kier alpha value is -2.37. The predicted molar refractivity (Wildman–Crippen MR) is 99.8 cm³/mol. The molecule has 3 amide bonds. The molecule has 0 bridgehead atoms. The number of aryl methyl sites for hydroxylation is 3. The largest absolute Gasteiger partial charge is 0.339 e. The maximum atomic E-state index is 13.0. The van der Waals surface area contributed by atoms with Gasteiger partial charge >= 0.3 is 0 Å². The van der Waals surface area contributed by atoms with Crippen molar-refractivity contribution in [3.05, 3.63) is 28.8 Å². The molecular formula is C20H27N3O3. The molecule has 0 unspecified atom stereocenters. The Morgan fingerprint density at radius 1 is 0.923 bits per heavy atom. The summed E-state index contributed by atoms with van der Waals surface area (Å²) in [4.78, 5) is 40.8. The molecule has 0 atom stereocenters. The molecule has 6 heteroatoms. The van der Waals surface area contributed by atoms with Gasteiger partial charge in [0, 0.05) is 38.8 Å². The number of amides is 3. The molecule has 140 valence electrons. The van der Waals surface area contributed by atoms with Crippen molar-refractivity contribution < 1.29 is 14.4 Å². The van der Waals surface area contributed by atoms with Gasteiger partial charge in [0.15, 0.2) is 0 Å². The second-order valence-electron chi connectivity index (χ2n) is 7.61. The average molecular weight is 357 g/mol. The lowest BCUT2D eigenvalue weighted by Gasteiger charge is -2.36. The fourth-order valence-electron chi connectivity index (χ4n) is 3.80. The molecule has 0 radical (unpaired) electrons. The van der Waals surface area contributed by atoms with Crippen LogP contribution in [0, 0.1) is 26.2 Å². The van der Waals surface area contributed by atoms with Crippen LogP contribution < -0.4 is 5.32 Å². The highest BCUT2D eigenvalue weighted by molar-refractivity contribution is 6.13. The topological polar surface area (TPSA) is 69.7 Å². The number of piperazine rings is 1. The molecule has 2 fully saturated rings. The van der Waals surface area contributed by atoms with Crippen LogP contribution in [0.5, 0.6) is 0 Å². The molecule has 0 aromatic heterocycles. The van der Waals surface area contributed by atoms with Gasteiger partial charge in [0.2, 0.25) is 17.7 Å². The predicted octanol–water partition coefficient (Wildman–Crippen LogP) is 2.02. The Morgan fingerprint density at radius 2 is 1.42 bits per heavy atom. The highest BCUT2D eigenvalue weighted by atomic mass is 16.2. The average Bonchev–Trinajstić information content (AvgIpc) is 3.39. The maximum absolute atomic E-state index is 13.0. The molecule has 2 aliphatic rings. The summed E-state index contributed by atoms with van der Waals surface area (Å²) in [5, 5.41) is 3.00. The summed E-state index contributed by atoms with van der Waals surface area (Å²) >= 11 is 0. The summed E-state index contributed by atoms with van der Waals surface area (Å²) in [6, 6.07) is 4.07. The van der Waals surface area contributed by atoms with E-state index in [2.05, 4.69) is 5.32 Å². The van der Waals surface area contributed by atoms with Crippen molar-refractivity contribution in [2.45, 2.75) is 40.5 Å². The van der Waals surface area contributed by atoms with Crippen LogP contribution in [0.1, 0.15) is 36.5 Å². The van der Waals surface area contributed by atoms with Crippen LogP contribution in [0.25, 0.3) is 0 Å². The first-order valence-electron chi connectivity index (χ1n) is 9.19. The van der Waals surface area contributed by atoms with Crippen LogP contribution in [-0.2, 0) is 14.4 Å². The quantitative estimate of drug-likeness (QED) is 0.842. The highest BCUT2D eigenvalue weighted by Crippen LogP contribution is 2.48. The second-order valence-corrected chi connectivity index (χ2v) is 7.61. The first-order chi connectivity index (χ1) is 12.2. The van der Waals surface area contributed by atoms with Gasteiger partial charge in [-0.25, -0.2) is 0 Å². The van der Waals surface area contributed by atoms with Crippen molar-refractivity contribution >= 4 is 23.4 Å². The summed E-state index contributed by atoms with van der Waals surface area (Å²) in [5.74, 6) is -0.270. The van der Waals surface area contributed by atoms with E-state index >= 15 is 0 Å². The number of rotatable bonds is 3. The van der Waals surface area contributed by atoms with E-state index in [1.165, 1.54) is 0 Å². The molecule has 6 nitrogen and oxygen atoms in total. The van der Waals surface area contributed by atoms with Gasteiger partial charge in [-0.05, 0) is 44.7 Å². The molecule has 1 aliphatic carbocycles. The van der Waals surface area contributed by atoms with E-state index in [0.717, 1.165) is 22.4 Å². The summed E-state index contributed by atoms with van der Waals surface area (Å²) in [6.07, 6.45) is 1.18. The van der Waals surface area contributed by atoms with Crippen LogP contribution in [0.15, 0.2) is 12.1 Å². The normalized spacial score (nSPS) is 18.5. The van der Waals surface area contributed by atoms with Gasteiger partial charge in [-0.2, -0.15) is 0 Å². The van der Waals surface area contributed by atoms with Gasteiger partial charge in [0.1, 0.15) is 5.41 Å². The van der Waals surface area contributed by atoms with Gasteiger partial charge in [0.25, 0.3) is 0 Å². The zero-order valence-corrected chi connectivity index (χ0v) is 16.0. The van der Waals surface area contributed by atoms with Crippen molar-refractivity contribution in [1.82, 2.24) is 9.80 Å². The number of benzene rings is 1. The number of carbonyl (C=O) groups excluding carboxylic acids is 3. The molecule has 1 heterocycles. The number of nitrogens with zero attached hydrogens (tertiary/aromatic N) is 2. The number of hydrogen-bond acceptors (Lipinski definition) is 3. The van der Waals surface area contributed by atoms with E-state index < -0.39 is 5.41 Å². The van der Waals surface area contributed by atoms with Crippen LogP contribution >= 0.6 is 0 Å². The summed E-state index contributed by atoms with van der Waals surface area (Å²) in [7, 11) is 0. The lowest BCUT2D eigenvalue weighted by Crippen LogP contribution is -2.53. The van der Waals surface area contributed by atoms with E-state index in [9.17, 15) is 14.4 Å². The Labute approximate surface area is 154 Å². The smallest absolute Gasteiger partial charge is 0.240 e. The Kier molecular flexibility index (Phi) is 4.78. The number of hydrogen-bond donors (Lipinski definition) is 1. The molecular weight excluding hydrogens is 330 g/mol. The third-order valence-corrected chi connectivity index (χ3v) is 5.52. The van der Waals surface area contributed by atoms with E-state index in [-0.39, 0.29) is 17.7 Å². The third-order valence-electron chi connectivity index (χ3n) is 5.52. The highest BCUT2D eigenvalue weighted by Gasteiger charge is 2.58. The van der Waals surface area contributed by atoms with E-state index in [4.69, 9.17) is 0 Å². The molecule has 26 heavy (non-hydrogen) atoms. The lowest BCUT2D eigenvalue weighted by molar-refractivity contribution is -0.146. The van der Waals surface area contributed by atoms with Gasteiger partial charge < -0.3 is 15.1 Å².